The first-order valence-electron chi connectivity index (χ1n) is 7.59. The predicted molar refractivity (Wildman–Crippen MR) is 80.0 cm³/mol. The van der Waals surface area contributed by atoms with Crippen LogP contribution in [-0.4, -0.2) is 61.7 Å². The van der Waals surface area contributed by atoms with E-state index in [1.807, 2.05) is 0 Å². The van der Waals surface area contributed by atoms with Gasteiger partial charge in [-0.05, 0) is 59.8 Å². The van der Waals surface area contributed by atoms with Crippen LogP contribution in [0, 0.1) is 5.92 Å². The largest absolute Gasteiger partial charge is 0.314 e. The van der Waals surface area contributed by atoms with Crippen molar-refractivity contribution in [3.8, 4) is 0 Å². The Morgan fingerprint density at radius 2 is 1.78 bits per heavy atom. The molecule has 0 aliphatic heterocycles. The first-order valence-corrected chi connectivity index (χ1v) is 7.59. The average molecular weight is 255 g/mol. The van der Waals surface area contributed by atoms with E-state index >= 15 is 0 Å². The van der Waals surface area contributed by atoms with Crippen molar-refractivity contribution in [1.82, 2.24) is 15.1 Å². The van der Waals surface area contributed by atoms with Gasteiger partial charge in [0.25, 0.3) is 0 Å². The molecular formula is C15H33N3. The van der Waals surface area contributed by atoms with Gasteiger partial charge in [-0.2, -0.15) is 0 Å². The number of nitrogens with zero attached hydrogens (tertiary/aromatic N) is 2. The first kappa shape index (κ1) is 15.9. The molecule has 0 radical (unpaired) electrons. The van der Waals surface area contributed by atoms with Crippen molar-refractivity contribution >= 4 is 0 Å². The SMILES string of the molecule is CCN(C(C)CN(C)C)C(C)C(C)CNC1CC1. The Morgan fingerprint density at radius 1 is 1.17 bits per heavy atom. The summed E-state index contributed by atoms with van der Waals surface area (Å²) >= 11 is 0. The van der Waals surface area contributed by atoms with E-state index in [9.17, 15) is 0 Å². The minimum absolute atomic E-state index is 0.628. The second-order valence-corrected chi connectivity index (χ2v) is 6.34. The Morgan fingerprint density at radius 3 is 2.22 bits per heavy atom. The monoisotopic (exact) mass is 255 g/mol. The van der Waals surface area contributed by atoms with Crippen molar-refractivity contribution in [2.24, 2.45) is 5.92 Å². The Balaban J connectivity index is 2.39. The van der Waals surface area contributed by atoms with E-state index in [0.29, 0.717) is 12.1 Å². The molecule has 0 aromatic carbocycles. The fourth-order valence-corrected chi connectivity index (χ4v) is 2.77. The molecule has 1 aliphatic rings. The quantitative estimate of drug-likeness (QED) is 0.680. The molecule has 1 aliphatic carbocycles. The van der Waals surface area contributed by atoms with E-state index in [1.54, 1.807) is 0 Å². The van der Waals surface area contributed by atoms with E-state index in [-0.39, 0.29) is 0 Å². The van der Waals surface area contributed by atoms with Crippen LogP contribution in [0.2, 0.25) is 0 Å². The van der Waals surface area contributed by atoms with Gasteiger partial charge in [0, 0.05) is 24.7 Å². The zero-order chi connectivity index (χ0) is 13.7. The topological polar surface area (TPSA) is 18.5 Å². The maximum Gasteiger partial charge on any atom is 0.0197 e. The normalized spacial score (nSPS) is 21.3. The lowest BCUT2D eigenvalue weighted by atomic mass is 10.00. The highest BCUT2D eigenvalue weighted by Crippen LogP contribution is 2.20. The fraction of sp³-hybridized carbons (Fsp3) is 1.00. The van der Waals surface area contributed by atoms with Crippen LogP contribution in [0.1, 0.15) is 40.5 Å². The number of hydrogen-bond donors (Lipinski definition) is 1. The van der Waals surface area contributed by atoms with Crippen LogP contribution in [-0.2, 0) is 0 Å². The minimum Gasteiger partial charge on any atom is -0.314 e. The summed E-state index contributed by atoms with van der Waals surface area (Å²) in [6, 6.07) is 2.11. The molecule has 18 heavy (non-hydrogen) atoms. The Hall–Kier alpha value is -0.120. The third kappa shape index (κ3) is 5.25. The molecule has 0 aromatic heterocycles. The smallest absolute Gasteiger partial charge is 0.0197 e. The maximum atomic E-state index is 3.66. The molecule has 3 heteroatoms. The Labute approximate surface area is 114 Å². The highest BCUT2D eigenvalue weighted by atomic mass is 15.2. The van der Waals surface area contributed by atoms with Crippen molar-refractivity contribution in [3.63, 3.8) is 0 Å². The molecule has 3 nitrogen and oxygen atoms in total. The summed E-state index contributed by atoms with van der Waals surface area (Å²) in [5.41, 5.74) is 0. The van der Waals surface area contributed by atoms with Crippen LogP contribution in [0.3, 0.4) is 0 Å². The number of likely N-dealkylation sites (N-methyl/N-ethyl adjacent to an activating group) is 2. The van der Waals surface area contributed by atoms with Crippen LogP contribution in [0.5, 0.6) is 0 Å². The molecule has 3 unspecified atom stereocenters. The molecule has 0 heterocycles. The van der Waals surface area contributed by atoms with Gasteiger partial charge < -0.3 is 10.2 Å². The maximum absolute atomic E-state index is 3.66. The van der Waals surface area contributed by atoms with Crippen molar-refractivity contribution in [1.29, 1.82) is 0 Å². The minimum atomic E-state index is 0.628. The molecule has 108 valence electrons. The standard InChI is InChI=1S/C15H33N3/c1-7-18(13(3)11-17(5)6)14(4)12(2)10-16-15-8-9-15/h12-16H,7-11H2,1-6H3. The Kier molecular flexibility index (Phi) is 6.61. The summed E-state index contributed by atoms with van der Waals surface area (Å²) in [7, 11) is 4.32. The summed E-state index contributed by atoms with van der Waals surface area (Å²) in [5.74, 6) is 0.718. The molecule has 0 bridgehead atoms. The van der Waals surface area contributed by atoms with Gasteiger partial charge in [-0.15, -0.1) is 0 Å². The zero-order valence-corrected chi connectivity index (χ0v) is 13.2. The van der Waals surface area contributed by atoms with E-state index in [4.69, 9.17) is 0 Å². The van der Waals surface area contributed by atoms with E-state index in [1.165, 1.54) is 12.8 Å². The van der Waals surface area contributed by atoms with Crippen LogP contribution < -0.4 is 5.32 Å². The number of hydrogen-bond acceptors (Lipinski definition) is 3. The van der Waals surface area contributed by atoms with Crippen LogP contribution >= 0.6 is 0 Å². The van der Waals surface area contributed by atoms with Crippen molar-refractivity contribution in [2.75, 3.05) is 33.7 Å². The van der Waals surface area contributed by atoms with Gasteiger partial charge in [0.15, 0.2) is 0 Å². The summed E-state index contributed by atoms with van der Waals surface area (Å²) < 4.78 is 0. The second-order valence-electron chi connectivity index (χ2n) is 6.34. The highest BCUT2D eigenvalue weighted by molar-refractivity contribution is 4.84. The molecule has 0 amide bonds. The number of nitrogens with one attached hydrogen (secondary N) is 1. The molecule has 0 spiro atoms. The second kappa shape index (κ2) is 7.46. The van der Waals surface area contributed by atoms with Crippen LogP contribution in [0.25, 0.3) is 0 Å². The Bertz CT molecular complexity index is 226. The predicted octanol–water partition coefficient (Wildman–Crippen LogP) is 2.03. The zero-order valence-electron chi connectivity index (χ0n) is 13.2. The van der Waals surface area contributed by atoms with E-state index < -0.39 is 0 Å². The lowest BCUT2D eigenvalue weighted by molar-refractivity contribution is 0.104. The fourth-order valence-electron chi connectivity index (χ4n) is 2.77. The summed E-state index contributed by atoms with van der Waals surface area (Å²) in [4.78, 5) is 4.92. The van der Waals surface area contributed by atoms with Gasteiger partial charge in [-0.1, -0.05) is 13.8 Å². The lowest BCUT2D eigenvalue weighted by Gasteiger charge is -2.38. The molecule has 0 aromatic rings. The third-order valence-corrected chi connectivity index (χ3v) is 4.21. The summed E-state index contributed by atoms with van der Waals surface area (Å²) in [6.45, 7) is 12.8. The van der Waals surface area contributed by atoms with Crippen molar-refractivity contribution in [2.45, 2.75) is 58.7 Å². The van der Waals surface area contributed by atoms with Gasteiger partial charge in [0.05, 0.1) is 0 Å². The van der Waals surface area contributed by atoms with Gasteiger partial charge in [-0.25, -0.2) is 0 Å². The van der Waals surface area contributed by atoms with Crippen molar-refractivity contribution in [3.05, 3.63) is 0 Å². The first-order chi connectivity index (χ1) is 8.45. The molecule has 0 saturated heterocycles. The summed E-state index contributed by atoms with van der Waals surface area (Å²) in [6.07, 6.45) is 2.77. The molecule has 1 saturated carbocycles. The molecule has 1 N–H and O–H groups in total. The highest BCUT2D eigenvalue weighted by Gasteiger charge is 2.26. The van der Waals surface area contributed by atoms with Gasteiger partial charge in [0.1, 0.15) is 0 Å². The van der Waals surface area contributed by atoms with Gasteiger partial charge in [-0.3, -0.25) is 4.90 Å². The average Bonchev–Trinajstić information content (AvgIpc) is 3.09. The van der Waals surface area contributed by atoms with Gasteiger partial charge >= 0.3 is 0 Å². The van der Waals surface area contributed by atoms with E-state index in [0.717, 1.165) is 31.6 Å². The molecular weight excluding hydrogens is 222 g/mol. The summed E-state index contributed by atoms with van der Waals surface area (Å²) in [5, 5.41) is 3.66. The van der Waals surface area contributed by atoms with Gasteiger partial charge in [0.2, 0.25) is 0 Å². The van der Waals surface area contributed by atoms with Crippen LogP contribution in [0.15, 0.2) is 0 Å². The molecule has 1 fully saturated rings. The lowest BCUT2D eigenvalue weighted by Crippen LogP contribution is -2.49. The number of rotatable bonds is 9. The third-order valence-electron chi connectivity index (χ3n) is 4.21. The van der Waals surface area contributed by atoms with E-state index in [2.05, 4.69) is 56.9 Å². The molecule has 1 rings (SSSR count). The van der Waals surface area contributed by atoms with Crippen molar-refractivity contribution < 1.29 is 0 Å². The molecule has 3 atom stereocenters. The van der Waals surface area contributed by atoms with Crippen LogP contribution in [0.4, 0.5) is 0 Å².